The number of alkyl carbamates (subject to hydrolysis) is 1. The third-order valence-electron chi connectivity index (χ3n) is 2.07. The minimum atomic E-state index is -1.01. The highest BCUT2D eigenvalue weighted by atomic mass is 32.2. The summed E-state index contributed by atoms with van der Waals surface area (Å²) in [6, 6.07) is 7.30. The van der Waals surface area contributed by atoms with Gasteiger partial charge in [-0.3, -0.25) is 4.21 Å². The van der Waals surface area contributed by atoms with E-state index in [2.05, 4.69) is 5.32 Å². The molecule has 1 unspecified atom stereocenters. The quantitative estimate of drug-likeness (QED) is 0.917. The first kappa shape index (κ1) is 14.7. The van der Waals surface area contributed by atoms with Crippen LogP contribution in [0.4, 0.5) is 4.79 Å². The molecule has 1 N–H and O–H groups in total. The van der Waals surface area contributed by atoms with E-state index in [0.717, 1.165) is 10.5 Å². The summed E-state index contributed by atoms with van der Waals surface area (Å²) in [5, 5.41) is 2.66. The minimum absolute atomic E-state index is 0.361. The molecular weight excluding hydrogens is 250 g/mol. The Kier molecular flexibility index (Phi) is 4.90. The average Bonchev–Trinajstić information content (AvgIpc) is 2.24. The van der Waals surface area contributed by atoms with Gasteiger partial charge in [-0.15, -0.1) is 0 Å². The van der Waals surface area contributed by atoms with Crippen molar-refractivity contribution in [1.29, 1.82) is 0 Å². The summed E-state index contributed by atoms with van der Waals surface area (Å²) in [4.78, 5) is 12.2. The Labute approximate surface area is 110 Å². The number of hydrogen-bond acceptors (Lipinski definition) is 3. The molecule has 0 heterocycles. The molecule has 4 nitrogen and oxygen atoms in total. The molecule has 18 heavy (non-hydrogen) atoms. The Morgan fingerprint density at radius 2 is 2.06 bits per heavy atom. The van der Waals surface area contributed by atoms with Gasteiger partial charge in [0.25, 0.3) is 0 Å². The van der Waals surface area contributed by atoms with Gasteiger partial charge in [-0.1, -0.05) is 12.1 Å². The number of benzene rings is 1. The van der Waals surface area contributed by atoms with Gasteiger partial charge < -0.3 is 10.1 Å². The smallest absolute Gasteiger partial charge is 0.407 e. The highest BCUT2D eigenvalue weighted by Crippen LogP contribution is 2.09. The van der Waals surface area contributed by atoms with Crippen molar-refractivity contribution in [2.24, 2.45) is 0 Å². The van der Waals surface area contributed by atoms with Crippen LogP contribution in [0.25, 0.3) is 0 Å². The zero-order valence-electron chi connectivity index (χ0n) is 11.1. The Morgan fingerprint density at radius 1 is 1.39 bits per heavy atom. The molecule has 0 saturated carbocycles. The van der Waals surface area contributed by atoms with E-state index in [4.69, 9.17) is 4.74 Å². The van der Waals surface area contributed by atoms with Gasteiger partial charge in [-0.25, -0.2) is 4.79 Å². The van der Waals surface area contributed by atoms with Gasteiger partial charge in [0, 0.05) is 28.5 Å². The van der Waals surface area contributed by atoms with Gasteiger partial charge in [0.1, 0.15) is 5.60 Å². The fourth-order valence-electron chi connectivity index (χ4n) is 1.32. The first-order valence-corrected chi connectivity index (χ1v) is 7.23. The first-order chi connectivity index (χ1) is 8.28. The molecule has 0 aromatic heterocycles. The molecule has 0 fully saturated rings. The van der Waals surface area contributed by atoms with E-state index in [1.54, 1.807) is 12.3 Å². The van der Waals surface area contributed by atoms with Crippen LogP contribution in [0.3, 0.4) is 0 Å². The predicted molar refractivity (Wildman–Crippen MR) is 71.8 cm³/mol. The van der Waals surface area contributed by atoms with E-state index in [1.807, 2.05) is 39.0 Å². The lowest BCUT2D eigenvalue weighted by Crippen LogP contribution is -2.32. The summed E-state index contributed by atoms with van der Waals surface area (Å²) in [6.07, 6.45) is 1.17. The molecule has 0 radical (unpaired) electrons. The van der Waals surface area contributed by atoms with E-state index in [9.17, 15) is 9.00 Å². The Balaban J connectivity index is 2.56. The number of ether oxygens (including phenoxy) is 1. The number of carbonyl (C=O) groups excluding carboxylic acids is 1. The molecular formula is C13H19NO3S. The van der Waals surface area contributed by atoms with Crippen molar-refractivity contribution in [3.8, 4) is 0 Å². The topological polar surface area (TPSA) is 55.4 Å². The second kappa shape index (κ2) is 6.00. The molecule has 0 spiro atoms. The van der Waals surface area contributed by atoms with Crippen molar-refractivity contribution in [1.82, 2.24) is 5.32 Å². The largest absolute Gasteiger partial charge is 0.444 e. The first-order valence-electron chi connectivity index (χ1n) is 5.67. The summed E-state index contributed by atoms with van der Waals surface area (Å²) in [7, 11) is -1.01. The molecule has 100 valence electrons. The van der Waals surface area contributed by atoms with E-state index in [1.165, 1.54) is 0 Å². The summed E-state index contributed by atoms with van der Waals surface area (Å²) in [5.41, 5.74) is 0.394. The van der Waals surface area contributed by atoms with Gasteiger partial charge in [0.05, 0.1) is 0 Å². The molecule has 0 aliphatic carbocycles. The Hall–Kier alpha value is -1.36. The number of amides is 1. The van der Waals surface area contributed by atoms with Crippen molar-refractivity contribution in [3.05, 3.63) is 29.8 Å². The maximum Gasteiger partial charge on any atom is 0.407 e. The molecule has 1 rings (SSSR count). The van der Waals surface area contributed by atoms with Crippen molar-refractivity contribution >= 4 is 16.9 Å². The van der Waals surface area contributed by atoms with Crippen LogP contribution in [0.5, 0.6) is 0 Å². The van der Waals surface area contributed by atoms with Gasteiger partial charge in [-0.05, 0) is 38.5 Å². The monoisotopic (exact) mass is 269 g/mol. The van der Waals surface area contributed by atoms with Crippen molar-refractivity contribution in [3.63, 3.8) is 0 Å². The molecule has 5 heteroatoms. The molecule has 0 aliphatic rings. The second-order valence-corrected chi connectivity index (χ2v) is 6.34. The zero-order chi connectivity index (χ0) is 13.8. The van der Waals surface area contributed by atoms with E-state index >= 15 is 0 Å². The Morgan fingerprint density at radius 3 is 2.61 bits per heavy atom. The molecule has 0 saturated heterocycles. The lowest BCUT2D eigenvalue weighted by atomic mass is 10.2. The predicted octanol–water partition coefficient (Wildman–Crippen LogP) is 2.45. The second-order valence-electron chi connectivity index (χ2n) is 4.96. The van der Waals surface area contributed by atoms with Crippen LogP contribution < -0.4 is 5.32 Å². The van der Waals surface area contributed by atoms with E-state index in [-0.39, 0.29) is 0 Å². The van der Waals surface area contributed by atoms with Crippen LogP contribution in [0.1, 0.15) is 26.3 Å². The standard InChI is InChI=1S/C13H19NO3S/c1-13(2,3)17-12(15)14-9-10-6-5-7-11(8-10)18(4)16/h5-8H,9H2,1-4H3,(H,14,15). The zero-order valence-corrected chi connectivity index (χ0v) is 12.0. The number of rotatable bonds is 3. The summed E-state index contributed by atoms with van der Waals surface area (Å²) in [6.45, 7) is 5.80. The molecule has 0 bridgehead atoms. The van der Waals surface area contributed by atoms with Gasteiger partial charge in [0.15, 0.2) is 0 Å². The molecule has 0 aliphatic heterocycles. The third kappa shape index (κ3) is 5.31. The highest BCUT2D eigenvalue weighted by molar-refractivity contribution is 7.84. The summed E-state index contributed by atoms with van der Waals surface area (Å²) < 4.78 is 16.4. The van der Waals surface area contributed by atoms with Crippen molar-refractivity contribution in [2.75, 3.05) is 6.26 Å². The van der Waals surface area contributed by atoms with Gasteiger partial charge >= 0.3 is 6.09 Å². The average molecular weight is 269 g/mol. The van der Waals surface area contributed by atoms with E-state index in [0.29, 0.717) is 6.54 Å². The maximum absolute atomic E-state index is 11.5. The van der Waals surface area contributed by atoms with Gasteiger partial charge in [-0.2, -0.15) is 0 Å². The van der Waals surface area contributed by atoms with Crippen LogP contribution in [-0.4, -0.2) is 22.2 Å². The van der Waals surface area contributed by atoms with Crippen molar-refractivity contribution in [2.45, 2.75) is 37.8 Å². The van der Waals surface area contributed by atoms with Crippen LogP contribution in [-0.2, 0) is 22.1 Å². The molecule has 1 amide bonds. The lowest BCUT2D eigenvalue weighted by Gasteiger charge is -2.19. The normalized spacial score (nSPS) is 12.9. The number of nitrogens with one attached hydrogen (secondary N) is 1. The fourth-order valence-corrected chi connectivity index (χ4v) is 1.91. The molecule has 1 atom stereocenters. The minimum Gasteiger partial charge on any atom is -0.444 e. The Bertz CT molecular complexity index is 452. The van der Waals surface area contributed by atoms with Crippen LogP contribution >= 0.6 is 0 Å². The SMILES string of the molecule is CS(=O)c1cccc(CNC(=O)OC(C)(C)C)c1. The van der Waals surface area contributed by atoms with Crippen LogP contribution in [0.15, 0.2) is 29.2 Å². The van der Waals surface area contributed by atoms with Crippen LogP contribution in [0, 0.1) is 0 Å². The fraction of sp³-hybridized carbons (Fsp3) is 0.462. The van der Waals surface area contributed by atoms with E-state index < -0.39 is 22.5 Å². The lowest BCUT2D eigenvalue weighted by molar-refractivity contribution is 0.0523. The molecule has 1 aromatic rings. The summed E-state index contributed by atoms with van der Waals surface area (Å²) in [5.74, 6) is 0. The number of hydrogen-bond donors (Lipinski definition) is 1. The molecule has 1 aromatic carbocycles. The maximum atomic E-state index is 11.5. The third-order valence-corrected chi connectivity index (χ3v) is 2.98. The number of carbonyl (C=O) groups is 1. The summed E-state index contributed by atoms with van der Waals surface area (Å²) >= 11 is 0. The van der Waals surface area contributed by atoms with Crippen molar-refractivity contribution < 1.29 is 13.7 Å². The highest BCUT2D eigenvalue weighted by Gasteiger charge is 2.15. The van der Waals surface area contributed by atoms with Crippen LogP contribution in [0.2, 0.25) is 0 Å². The van der Waals surface area contributed by atoms with Gasteiger partial charge in [0.2, 0.25) is 0 Å².